The molecule has 0 radical (unpaired) electrons. The molecule has 294 valence electrons. The Morgan fingerprint density at radius 3 is 2.37 bits per heavy atom. The van der Waals surface area contributed by atoms with Crippen LogP contribution >= 0.6 is 11.8 Å². The number of pyridine rings is 1. The smallest absolute Gasteiger partial charge is 0.293 e. The molecule has 3 heterocycles. The van der Waals surface area contributed by atoms with Crippen LogP contribution < -0.4 is 14.9 Å². The average molecular weight is 804 g/mol. The molecule has 1 aliphatic rings. The van der Waals surface area contributed by atoms with E-state index >= 15 is 0 Å². The van der Waals surface area contributed by atoms with Crippen LogP contribution in [0.15, 0.2) is 132 Å². The normalized spacial score (nSPS) is 14.1. The number of piperazine rings is 1. The molecular formula is C42H45N9O4S2. The molecule has 15 heteroatoms. The van der Waals surface area contributed by atoms with Gasteiger partial charge in [0.25, 0.3) is 15.7 Å². The topological polar surface area (TPSA) is 150 Å². The molecule has 6 aromatic rings. The Morgan fingerprint density at radius 2 is 1.63 bits per heavy atom. The highest BCUT2D eigenvalue weighted by Crippen LogP contribution is 2.32. The lowest BCUT2D eigenvalue weighted by Crippen LogP contribution is -2.46. The fourth-order valence-corrected chi connectivity index (χ4v) is 8.88. The minimum atomic E-state index is -4.26. The number of thioether (sulfide) groups is 1. The second-order valence-electron chi connectivity index (χ2n) is 14.2. The number of anilines is 3. The molecule has 0 amide bonds. The highest BCUT2D eigenvalue weighted by Gasteiger charge is 2.25. The molecule has 0 saturated carbocycles. The Hall–Kier alpha value is -5.61. The van der Waals surface area contributed by atoms with Crippen LogP contribution in [-0.2, 0) is 16.6 Å². The first-order chi connectivity index (χ1) is 27.6. The van der Waals surface area contributed by atoms with Gasteiger partial charge in [-0.2, -0.15) is 0 Å². The quantitative estimate of drug-likeness (QED) is 0.0577. The van der Waals surface area contributed by atoms with Crippen LogP contribution in [0.5, 0.6) is 0 Å². The van der Waals surface area contributed by atoms with Crippen molar-refractivity contribution >= 4 is 55.6 Å². The summed E-state index contributed by atoms with van der Waals surface area (Å²) >= 11 is 1.66. The third kappa shape index (κ3) is 10.0. The van der Waals surface area contributed by atoms with E-state index in [9.17, 15) is 18.5 Å². The van der Waals surface area contributed by atoms with Gasteiger partial charge >= 0.3 is 0 Å². The molecule has 2 aromatic heterocycles. The minimum Gasteiger partial charge on any atom is -0.376 e. The molecule has 1 saturated heterocycles. The summed E-state index contributed by atoms with van der Waals surface area (Å²) in [5.74, 6) is 0.755. The number of nitro benzene ring substituents is 1. The summed E-state index contributed by atoms with van der Waals surface area (Å²) < 4.78 is 30.0. The summed E-state index contributed by atoms with van der Waals surface area (Å²) in [6.07, 6.45) is 3.88. The van der Waals surface area contributed by atoms with Crippen molar-refractivity contribution in [1.82, 2.24) is 24.8 Å². The van der Waals surface area contributed by atoms with Crippen molar-refractivity contribution in [2.24, 2.45) is 0 Å². The zero-order chi connectivity index (χ0) is 39.8. The van der Waals surface area contributed by atoms with Gasteiger partial charge in [-0.05, 0) is 81.2 Å². The number of nitrogens with one attached hydrogen (secondary N) is 2. The van der Waals surface area contributed by atoms with Gasteiger partial charge in [0.1, 0.15) is 12.0 Å². The van der Waals surface area contributed by atoms with E-state index in [-0.39, 0.29) is 28.1 Å². The molecule has 2 N–H and O–H groups in total. The predicted octanol–water partition coefficient (Wildman–Crippen LogP) is 7.25. The van der Waals surface area contributed by atoms with Crippen LogP contribution in [0, 0.1) is 10.1 Å². The molecule has 57 heavy (non-hydrogen) atoms. The second kappa shape index (κ2) is 18.1. The Bertz CT molecular complexity index is 2410. The van der Waals surface area contributed by atoms with E-state index in [1.54, 1.807) is 11.8 Å². The third-order valence-corrected chi connectivity index (χ3v) is 12.4. The molecule has 1 aliphatic heterocycles. The van der Waals surface area contributed by atoms with E-state index in [4.69, 9.17) is 0 Å². The summed E-state index contributed by atoms with van der Waals surface area (Å²) in [7, 11) is -0.307. The summed E-state index contributed by atoms with van der Waals surface area (Å²) in [6.45, 7) is 4.91. The highest BCUT2D eigenvalue weighted by atomic mass is 32.2. The van der Waals surface area contributed by atoms with Gasteiger partial charge in [-0.1, -0.05) is 54.6 Å². The number of aromatic nitrogens is 3. The maximum atomic E-state index is 13.7. The zero-order valence-electron chi connectivity index (χ0n) is 31.9. The van der Waals surface area contributed by atoms with Crippen LogP contribution in [0.1, 0.15) is 12.0 Å². The van der Waals surface area contributed by atoms with Crippen molar-refractivity contribution in [1.29, 1.82) is 0 Å². The Kier molecular flexibility index (Phi) is 12.6. The van der Waals surface area contributed by atoms with E-state index in [2.05, 4.69) is 57.9 Å². The second-order valence-corrected chi connectivity index (χ2v) is 16.9. The summed E-state index contributed by atoms with van der Waals surface area (Å²) in [4.78, 5) is 32.8. The zero-order valence-corrected chi connectivity index (χ0v) is 33.5. The lowest BCUT2D eigenvalue weighted by molar-refractivity contribution is -0.384. The van der Waals surface area contributed by atoms with Crippen LogP contribution in [-0.4, -0.2) is 96.7 Å². The van der Waals surface area contributed by atoms with Crippen molar-refractivity contribution in [2.45, 2.75) is 28.8 Å². The number of fused-ring (bicyclic) bond motifs is 1. The van der Waals surface area contributed by atoms with Gasteiger partial charge in [0, 0.05) is 78.3 Å². The number of sulfonamides is 1. The van der Waals surface area contributed by atoms with Gasteiger partial charge in [-0.3, -0.25) is 24.7 Å². The van der Waals surface area contributed by atoms with Gasteiger partial charge < -0.3 is 15.1 Å². The third-order valence-electron chi connectivity index (χ3n) is 9.88. The van der Waals surface area contributed by atoms with Gasteiger partial charge in [0.05, 0.1) is 21.0 Å². The fourth-order valence-electron chi connectivity index (χ4n) is 6.83. The van der Waals surface area contributed by atoms with E-state index < -0.39 is 14.9 Å². The first kappa shape index (κ1) is 39.6. The molecule has 13 nitrogen and oxygen atoms in total. The van der Waals surface area contributed by atoms with Crippen LogP contribution in [0.4, 0.5) is 22.9 Å². The number of rotatable bonds is 16. The predicted molar refractivity (Wildman–Crippen MR) is 228 cm³/mol. The summed E-state index contributed by atoms with van der Waals surface area (Å²) in [5.41, 5.74) is 4.78. The first-order valence-corrected chi connectivity index (χ1v) is 21.2. The Morgan fingerprint density at radius 1 is 0.877 bits per heavy atom. The molecule has 0 unspecified atom stereocenters. The standard InChI is InChI=1S/C42H45N9O4S2/c1-48(2)21-19-33(29-56-35-13-7-4-8-14-35)46-38-18-16-36(27-40(38)51(52)53)57(54,55)47-42-37-17-15-34(26-39(37)44-30-45-42)50-24-22-49(23-25-50)28-32-12-9-20-43-41(32)31-10-5-3-6-11-31/h3-18,20,26-27,30,33,46H,19,21-25,28-29H2,1-2H3,(H,44,45,47)/t33-/m1/s1. The van der Waals surface area contributed by atoms with Crippen molar-refractivity contribution in [3.63, 3.8) is 0 Å². The van der Waals surface area contributed by atoms with Crippen molar-refractivity contribution in [3.05, 3.63) is 137 Å². The van der Waals surface area contributed by atoms with Crippen LogP contribution in [0.2, 0.25) is 0 Å². The number of nitro groups is 1. The molecule has 7 rings (SSSR count). The molecule has 1 fully saturated rings. The molecule has 0 bridgehead atoms. The highest BCUT2D eigenvalue weighted by molar-refractivity contribution is 7.99. The lowest BCUT2D eigenvalue weighted by atomic mass is 10.1. The van der Waals surface area contributed by atoms with Crippen molar-refractivity contribution in [2.75, 3.05) is 67.5 Å². The van der Waals surface area contributed by atoms with Crippen molar-refractivity contribution in [3.8, 4) is 11.3 Å². The van der Waals surface area contributed by atoms with Gasteiger partial charge in [-0.25, -0.2) is 18.4 Å². The Labute approximate surface area is 337 Å². The maximum absolute atomic E-state index is 13.7. The Balaban J connectivity index is 1.03. The van der Waals surface area contributed by atoms with E-state index in [0.717, 1.165) is 73.6 Å². The van der Waals surface area contributed by atoms with Gasteiger partial charge in [-0.15, -0.1) is 11.8 Å². The molecule has 1 atom stereocenters. The van der Waals surface area contributed by atoms with Crippen LogP contribution in [0.25, 0.3) is 22.2 Å². The lowest BCUT2D eigenvalue weighted by Gasteiger charge is -2.36. The van der Waals surface area contributed by atoms with Crippen molar-refractivity contribution < 1.29 is 13.3 Å². The van der Waals surface area contributed by atoms with E-state index in [1.807, 2.05) is 93.1 Å². The van der Waals surface area contributed by atoms with E-state index in [0.29, 0.717) is 16.7 Å². The van der Waals surface area contributed by atoms with Gasteiger partial charge in [0.2, 0.25) is 0 Å². The minimum absolute atomic E-state index is 0.0913. The monoisotopic (exact) mass is 803 g/mol. The van der Waals surface area contributed by atoms with E-state index in [1.165, 1.54) is 24.0 Å². The SMILES string of the molecule is CN(C)CC[C@H](CSc1ccccc1)Nc1ccc(S(=O)(=O)Nc2ncnc3cc(N4CCN(Cc5cccnc5-c5ccccc5)CC4)ccc23)cc1[N+](=O)[O-]. The van der Waals surface area contributed by atoms with Crippen LogP contribution in [0.3, 0.4) is 0 Å². The largest absolute Gasteiger partial charge is 0.376 e. The summed E-state index contributed by atoms with van der Waals surface area (Å²) in [6, 6.07) is 33.8. The fraction of sp³-hybridized carbons (Fsp3) is 0.262. The number of nitrogens with zero attached hydrogens (tertiary/aromatic N) is 7. The first-order valence-electron chi connectivity index (χ1n) is 18.7. The maximum Gasteiger partial charge on any atom is 0.293 e. The summed E-state index contributed by atoms with van der Waals surface area (Å²) in [5, 5.41) is 16.1. The average Bonchev–Trinajstić information content (AvgIpc) is 3.22. The molecule has 4 aromatic carbocycles. The molecule has 0 aliphatic carbocycles. The number of hydrogen-bond acceptors (Lipinski definition) is 12. The van der Waals surface area contributed by atoms with Gasteiger partial charge in [0.15, 0.2) is 5.82 Å². The number of benzene rings is 4. The number of hydrogen-bond donors (Lipinski definition) is 2. The molecular weight excluding hydrogens is 759 g/mol. The molecule has 0 spiro atoms.